The van der Waals surface area contributed by atoms with Gasteiger partial charge < -0.3 is 37.9 Å². The van der Waals surface area contributed by atoms with Gasteiger partial charge in [0.15, 0.2) is 6.29 Å². The summed E-state index contributed by atoms with van der Waals surface area (Å²) in [6, 6.07) is 8.51. The van der Waals surface area contributed by atoms with E-state index < -0.39 is 0 Å². The van der Waals surface area contributed by atoms with E-state index in [-0.39, 0.29) is 30.3 Å². The lowest BCUT2D eigenvalue weighted by molar-refractivity contribution is -0.884. The Balaban J connectivity index is 0.00000144. The predicted molar refractivity (Wildman–Crippen MR) is 62.8 cm³/mol. The van der Waals surface area contributed by atoms with Crippen molar-refractivity contribution in [3.63, 3.8) is 0 Å². The summed E-state index contributed by atoms with van der Waals surface area (Å²) in [7, 11) is 6.57. The monoisotopic (exact) mass is 349 g/mol. The van der Waals surface area contributed by atoms with Gasteiger partial charge in [-0.25, -0.2) is 0 Å². The fourth-order valence-electron chi connectivity index (χ4n) is 1.88. The highest BCUT2D eigenvalue weighted by molar-refractivity contribution is 5.23. The van der Waals surface area contributed by atoms with Crippen LogP contribution in [0.3, 0.4) is 0 Å². The van der Waals surface area contributed by atoms with Crippen LogP contribution in [0, 0.1) is 0 Å². The van der Waals surface area contributed by atoms with Crippen molar-refractivity contribution < 1.29 is 37.9 Å². The third-order valence-corrected chi connectivity index (χ3v) is 2.53. The standard InChI is InChI=1S/C13H20NO2.HI/c1-14(2,3)10-11-4-6-12(7-5-11)13-15-8-9-16-13;/h4-7,13H,8-10H2,1-3H3;1H/q+1;/p-1. The minimum Gasteiger partial charge on any atom is -1.00 e. The van der Waals surface area contributed by atoms with E-state index in [2.05, 4.69) is 45.4 Å². The van der Waals surface area contributed by atoms with Gasteiger partial charge in [0.05, 0.1) is 34.4 Å². The molecule has 0 saturated carbocycles. The van der Waals surface area contributed by atoms with Crippen molar-refractivity contribution >= 4 is 0 Å². The zero-order valence-electron chi connectivity index (χ0n) is 10.6. The number of quaternary nitrogens is 1. The summed E-state index contributed by atoms with van der Waals surface area (Å²) >= 11 is 0. The molecule has 3 nitrogen and oxygen atoms in total. The maximum Gasteiger partial charge on any atom is 0.184 e. The molecule has 0 bridgehead atoms. The summed E-state index contributed by atoms with van der Waals surface area (Å²) in [5.74, 6) is 0. The maximum absolute atomic E-state index is 5.45. The number of hydrogen-bond donors (Lipinski definition) is 0. The molecule has 0 amide bonds. The molecule has 96 valence electrons. The number of ether oxygens (including phenoxy) is 2. The Hall–Kier alpha value is -0.170. The molecule has 0 radical (unpaired) electrons. The maximum atomic E-state index is 5.45. The van der Waals surface area contributed by atoms with Crippen molar-refractivity contribution in [3.05, 3.63) is 35.4 Å². The predicted octanol–water partition coefficient (Wildman–Crippen LogP) is -1.06. The van der Waals surface area contributed by atoms with Gasteiger partial charge in [0.1, 0.15) is 6.54 Å². The minimum atomic E-state index is -0.154. The second-order valence-electron chi connectivity index (χ2n) is 5.26. The Labute approximate surface area is 120 Å². The molecule has 1 aliphatic rings. The normalized spacial score (nSPS) is 16.9. The number of benzene rings is 1. The third-order valence-electron chi connectivity index (χ3n) is 2.53. The largest absolute Gasteiger partial charge is 1.00 e. The molecule has 1 aliphatic heterocycles. The van der Waals surface area contributed by atoms with Crippen LogP contribution in [-0.2, 0) is 16.0 Å². The van der Waals surface area contributed by atoms with Crippen molar-refractivity contribution in [2.45, 2.75) is 12.8 Å². The summed E-state index contributed by atoms with van der Waals surface area (Å²) < 4.78 is 11.8. The van der Waals surface area contributed by atoms with Crippen LogP contribution in [-0.4, -0.2) is 38.8 Å². The number of rotatable bonds is 3. The van der Waals surface area contributed by atoms with Gasteiger partial charge in [0.2, 0.25) is 0 Å². The lowest BCUT2D eigenvalue weighted by atomic mass is 10.1. The molecule has 2 rings (SSSR count). The van der Waals surface area contributed by atoms with Gasteiger partial charge in [-0.2, -0.15) is 0 Å². The minimum absolute atomic E-state index is 0. The molecule has 1 aromatic rings. The Bertz CT molecular complexity index is 339. The van der Waals surface area contributed by atoms with Crippen LogP contribution in [0.2, 0.25) is 0 Å². The van der Waals surface area contributed by atoms with Crippen molar-refractivity contribution in [2.24, 2.45) is 0 Å². The van der Waals surface area contributed by atoms with Crippen LogP contribution in [0.5, 0.6) is 0 Å². The van der Waals surface area contributed by atoms with Crippen molar-refractivity contribution in [2.75, 3.05) is 34.4 Å². The molecular weight excluding hydrogens is 329 g/mol. The van der Waals surface area contributed by atoms with E-state index in [0.29, 0.717) is 13.2 Å². The molecule has 4 heteroatoms. The molecule has 0 aliphatic carbocycles. The fourth-order valence-corrected chi connectivity index (χ4v) is 1.88. The van der Waals surface area contributed by atoms with Crippen LogP contribution < -0.4 is 24.0 Å². The van der Waals surface area contributed by atoms with Crippen LogP contribution in [0.15, 0.2) is 24.3 Å². The Morgan fingerprint density at radius 2 is 1.59 bits per heavy atom. The molecular formula is C13H20INO2. The average Bonchev–Trinajstić information content (AvgIpc) is 2.69. The smallest absolute Gasteiger partial charge is 0.184 e. The molecule has 0 N–H and O–H groups in total. The lowest BCUT2D eigenvalue weighted by Crippen LogP contribution is -3.00. The first-order chi connectivity index (χ1) is 7.54. The summed E-state index contributed by atoms with van der Waals surface area (Å²) in [6.07, 6.45) is -0.154. The van der Waals surface area contributed by atoms with Crippen LogP contribution in [0.1, 0.15) is 17.4 Å². The Morgan fingerprint density at radius 3 is 2.06 bits per heavy atom. The number of hydrogen-bond acceptors (Lipinski definition) is 2. The first kappa shape index (κ1) is 14.9. The van der Waals surface area contributed by atoms with Gasteiger partial charge >= 0.3 is 0 Å². The molecule has 0 unspecified atom stereocenters. The summed E-state index contributed by atoms with van der Waals surface area (Å²) in [5, 5.41) is 0. The molecule has 1 saturated heterocycles. The Morgan fingerprint density at radius 1 is 1.06 bits per heavy atom. The van der Waals surface area contributed by atoms with Gasteiger partial charge in [-0.3, -0.25) is 0 Å². The van der Waals surface area contributed by atoms with Gasteiger partial charge in [0, 0.05) is 11.1 Å². The van der Waals surface area contributed by atoms with Gasteiger partial charge in [-0.05, 0) is 0 Å². The van der Waals surface area contributed by atoms with E-state index in [0.717, 1.165) is 16.6 Å². The highest BCUT2D eigenvalue weighted by Gasteiger charge is 2.18. The van der Waals surface area contributed by atoms with E-state index in [1.165, 1.54) is 5.56 Å². The van der Waals surface area contributed by atoms with Crippen LogP contribution >= 0.6 is 0 Å². The van der Waals surface area contributed by atoms with Gasteiger partial charge in [0.25, 0.3) is 0 Å². The van der Waals surface area contributed by atoms with Crippen LogP contribution in [0.4, 0.5) is 0 Å². The van der Waals surface area contributed by atoms with E-state index >= 15 is 0 Å². The highest BCUT2D eigenvalue weighted by atomic mass is 127. The zero-order valence-corrected chi connectivity index (χ0v) is 12.8. The first-order valence-corrected chi connectivity index (χ1v) is 5.67. The van der Waals surface area contributed by atoms with Crippen LogP contribution in [0.25, 0.3) is 0 Å². The number of nitrogens with zero attached hydrogens (tertiary/aromatic N) is 1. The molecule has 17 heavy (non-hydrogen) atoms. The SMILES string of the molecule is C[N+](C)(C)Cc1ccc(C2OCCO2)cc1.[I-]. The van der Waals surface area contributed by atoms with Gasteiger partial charge in [-0.1, -0.05) is 24.3 Å². The second kappa shape index (κ2) is 6.13. The third kappa shape index (κ3) is 4.54. The molecule has 1 fully saturated rings. The topological polar surface area (TPSA) is 18.5 Å². The first-order valence-electron chi connectivity index (χ1n) is 5.67. The zero-order chi connectivity index (χ0) is 11.6. The highest BCUT2D eigenvalue weighted by Crippen LogP contribution is 2.23. The molecule has 1 aromatic carbocycles. The van der Waals surface area contributed by atoms with E-state index in [9.17, 15) is 0 Å². The fraction of sp³-hybridized carbons (Fsp3) is 0.538. The quantitative estimate of drug-likeness (QED) is 0.512. The number of halogens is 1. The summed E-state index contributed by atoms with van der Waals surface area (Å²) in [5.41, 5.74) is 2.46. The van der Waals surface area contributed by atoms with Crippen molar-refractivity contribution in [3.8, 4) is 0 Å². The molecule has 0 aromatic heterocycles. The summed E-state index contributed by atoms with van der Waals surface area (Å²) in [4.78, 5) is 0. The summed E-state index contributed by atoms with van der Waals surface area (Å²) in [6.45, 7) is 2.43. The lowest BCUT2D eigenvalue weighted by Gasteiger charge is -2.24. The van der Waals surface area contributed by atoms with E-state index in [1.54, 1.807) is 0 Å². The second-order valence-corrected chi connectivity index (χ2v) is 5.26. The van der Waals surface area contributed by atoms with Crippen molar-refractivity contribution in [1.29, 1.82) is 0 Å². The molecule has 0 atom stereocenters. The van der Waals surface area contributed by atoms with Crippen molar-refractivity contribution in [1.82, 2.24) is 0 Å². The Kier molecular flexibility index (Phi) is 5.37. The molecule has 1 heterocycles. The van der Waals surface area contributed by atoms with Gasteiger partial charge in [-0.15, -0.1) is 0 Å². The average molecular weight is 349 g/mol. The van der Waals surface area contributed by atoms with E-state index in [4.69, 9.17) is 9.47 Å². The molecule has 0 spiro atoms. The van der Waals surface area contributed by atoms with E-state index in [1.807, 2.05) is 0 Å².